The number of amides is 1. The van der Waals surface area contributed by atoms with E-state index in [4.69, 9.17) is 4.74 Å². The van der Waals surface area contributed by atoms with Gasteiger partial charge < -0.3 is 10.1 Å². The first kappa shape index (κ1) is 24.9. The van der Waals surface area contributed by atoms with Gasteiger partial charge in [-0.1, -0.05) is 42.0 Å². The van der Waals surface area contributed by atoms with E-state index in [1.807, 2.05) is 25.1 Å². The van der Waals surface area contributed by atoms with Gasteiger partial charge in [0.1, 0.15) is 0 Å². The van der Waals surface area contributed by atoms with Crippen LogP contribution < -0.4 is 9.62 Å². The Morgan fingerprint density at radius 3 is 2.23 bits per heavy atom. The summed E-state index contributed by atoms with van der Waals surface area (Å²) in [7, 11) is -2.17. The summed E-state index contributed by atoms with van der Waals surface area (Å²) < 4.78 is 32.5. The van der Waals surface area contributed by atoms with Crippen molar-refractivity contribution in [3.05, 3.63) is 95.1 Å². The third-order valence-corrected chi connectivity index (χ3v) is 8.03. The molecule has 0 saturated carbocycles. The first-order valence-corrected chi connectivity index (χ1v) is 13.1. The lowest BCUT2D eigenvalue weighted by Crippen LogP contribution is -2.36. The van der Waals surface area contributed by atoms with Crippen molar-refractivity contribution in [2.45, 2.75) is 24.9 Å². The summed E-state index contributed by atoms with van der Waals surface area (Å²) in [4.78, 5) is 15.4. The van der Waals surface area contributed by atoms with Gasteiger partial charge in [0.05, 0.1) is 23.8 Å². The van der Waals surface area contributed by atoms with Crippen LogP contribution in [0.3, 0.4) is 0 Å². The highest BCUT2D eigenvalue weighted by Gasteiger charge is 2.21. The molecule has 0 unspecified atom stereocenters. The Morgan fingerprint density at radius 2 is 1.57 bits per heavy atom. The topological polar surface area (TPSA) is 79.0 Å². The maximum atomic E-state index is 12.9. The van der Waals surface area contributed by atoms with E-state index in [-0.39, 0.29) is 10.8 Å². The lowest BCUT2D eigenvalue weighted by atomic mass is 10.1. The van der Waals surface area contributed by atoms with Crippen molar-refractivity contribution >= 4 is 21.6 Å². The Balaban J connectivity index is 1.39. The summed E-state index contributed by atoms with van der Waals surface area (Å²) in [5, 5.41) is 2.99. The molecule has 8 heteroatoms. The Kier molecular flexibility index (Phi) is 7.85. The van der Waals surface area contributed by atoms with E-state index < -0.39 is 10.0 Å². The number of aryl methyl sites for hydroxylation is 1. The van der Waals surface area contributed by atoms with Crippen molar-refractivity contribution in [2.75, 3.05) is 37.7 Å². The van der Waals surface area contributed by atoms with Crippen LogP contribution in [0.4, 0.5) is 5.69 Å². The maximum absolute atomic E-state index is 12.9. The van der Waals surface area contributed by atoms with Crippen LogP contribution in [0.1, 0.15) is 27.0 Å². The van der Waals surface area contributed by atoms with Crippen LogP contribution in [-0.2, 0) is 27.8 Å². The Bertz CT molecular complexity index is 1250. The predicted molar refractivity (Wildman–Crippen MR) is 137 cm³/mol. The fourth-order valence-electron chi connectivity index (χ4n) is 3.99. The Morgan fingerprint density at radius 1 is 0.943 bits per heavy atom. The SMILES string of the molecule is Cc1ccc(S(=O)(=O)N(C)c2ccc(C(=O)NCc3ccccc3CN3CCOCC3)cc2)cc1. The van der Waals surface area contributed by atoms with E-state index in [1.165, 1.54) is 16.9 Å². The monoisotopic (exact) mass is 493 g/mol. The molecule has 1 heterocycles. The van der Waals surface area contributed by atoms with Gasteiger partial charge in [0.15, 0.2) is 0 Å². The van der Waals surface area contributed by atoms with E-state index >= 15 is 0 Å². The summed E-state index contributed by atoms with van der Waals surface area (Å²) in [6.45, 7) is 6.45. The highest BCUT2D eigenvalue weighted by molar-refractivity contribution is 7.92. The second kappa shape index (κ2) is 11.0. The number of hydrogen-bond acceptors (Lipinski definition) is 5. The molecule has 1 N–H and O–H groups in total. The van der Waals surface area contributed by atoms with Crippen LogP contribution in [0.2, 0.25) is 0 Å². The minimum atomic E-state index is -3.68. The fraction of sp³-hybridized carbons (Fsp3) is 0.296. The number of hydrogen-bond donors (Lipinski definition) is 1. The molecule has 0 bridgehead atoms. The standard InChI is InChI=1S/C27H31N3O4S/c1-21-7-13-26(14-8-21)35(32,33)29(2)25-11-9-22(10-12-25)27(31)28-19-23-5-3-4-6-24(23)20-30-15-17-34-18-16-30/h3-14H,15-20H2,1-2H3,(H,28,31). The summed E-state index contributed by atoms with van der Waals surface area (Å²) >= 11 is 0. The van der Waals surface area contributed by atoms with Crippen LogP contribution in [0.25, 0.3) is 0 Å². The lowest BCUT2D eigenvalue weighted by molar-refractivity contribution is 0.0340. The van der Waals surface area contributed by atoms with Gasteiger partial charge in [0, 0.05) is 38.8 Å². The van der Waals surface area contributed by atoms with Crippen LogP contribution in [-0.4, -0.2) is 52.6 Å². The Labute approximate surface area is 207 Å². The molecule has 7 nitrogen and oxygen atoms in total. The normalized spacial score (nSPS) is 14.5. The molecule has 0 spiro atoms. The molecule has 35 heavy (non-hydrogen) atoms. The molecule has 0 radical (unpaired) electrons. The average molecular weight is 494 g/mol. The summed E-state index contributed by atoms with van der Waals surface area (Å²) in [6.07, 6.45) is 0. The van der Waals surface area contributed by atoms with Gasteiger partial charge in [-0.2, -0.15) is 0 Å². The third kappa shape index (κ3) is 6.08. The van der Waals surface area contributed by atoms with Crippen molar-refractivity contribution in [1.82, 2.24) is 10.2 Å². The lowest BCUT2D eigenvalue weighted by Gasteiger charge is -2.27. The molecule has 0 aromatic heterocycles. The van der Waals surface area contributed by atoms with Crippen molar-refractivity contribution in [3.8, 4) is 0 Å². The molecule has 0 aliphatic carbocycles. The average Bonchev–Trinajstić information content (AvgIpc) is 2.88. The number of nitrogens with zero attached hydrogens (tertiary/aromatic N) is 2. The van der Waals surface area contributed by atoms with Crippen molar-refractivity contribution in [1.29, 1.82) is 0 Å². The molecular formula is C27H31N3O4S. The highest BCUT2D eigenvalue weighted by Crippen LogP contribution is 2.23. The molecular weight excluding hydrogens is 462 g/mol. The molecule has 3 aromatic rings. The number of carbonyl (C=O) groups excluding carboxylic acids is 1. The van der Waals surface area contributed by atoms with Gasteiger partial charge >= 0.3 is 0 Å². The zero-order valence-electron chi connectivity index (χ0n) is 20.1. The first-order chi connectivity index (χ1) is 16.8. The molecule has 1 amide bonds. The number of anilines is 1. The first-order valence-electron chi connectivity index (χ1n) is 11.7. The number of morpholine rings is 1. The molecule has 184 valence electrons. The number of nitrogens with one attached hydrogen (secondary N) is 1. The Hall–Kier alpha value is -3.20. The van der Waals surface area contributed by atoms with Crippen LogP contribution in [0, 0.1) is 6.92 Å². The van der Waals surface area contributed by atoms with Crippen molar-refractivity contribution in [2.24, 2.45) is 0 Å². The molecule has 1 saturated heterocycles. The van der Waals surface area contributed by atoms with Crippen LogP contribution >= 0.6 is 0 Å². The van der Waals surface area contributed by atoms with E-state index in [2.05, 4.69) is 16.3 Å². The second-order valence-corrected chi connectivity index (χ2v) is 10.6. The molecule has 1 fully saturated rings. The van der Waals surface area contributed by atoms with Crippen molar-refractivity contribution in [3.63, 3.8) is 0 Å². The quantitative estimate of drug-likeness (QED) is 0.519. The van der Waals surface area contributed by atoms with Crippen molar-refractivity contribution < 1.29 is 17.9 Å². The predicted octanol–water partition coefficient (Wildman–Crippen LogP) is 3.58. The second-order valence-electron chi connectivity index (χ2n) is 8.67. The molecule has 1 aliphatic heterocycles. The molecule has 0 atom stereocenters. The number of sulfonamides is 1. The number of carbonyl (C=O) groups is 1. The van der Waals surface area contributed by atoms with Gasteiger partial charge in [-0.25, -0.2) is 8.42 Å². The zero-order chi connectivity index (χ0) is 24.8. The van der Waals surface area contributed by atoms with Gasteiger partial charge in [-0.3, -0.25) is 14.0 Å². The van der Waals surface area contributed by atoms with Gasteiger partial charge in [-0.15, -0.1) is 0 Å². The van der Waals surface area contributed by atoms with Crippen LogP contribution in [0.5, 0.6) is 0 Å². The van der Waals surface area contributed by atoms with Gasteiger partial charge in [0.25, 0.3) is 15.9 Å². The number of benzene rings is 3. The summed E-state index contributed by atoms with van der Waals surface area (Å²) in [6, 6.07) is 21.4. The molecule has 4 rings (SSSR count). The third-order valence-electron chi connectivity index (χ3n) is 6.23. The smallest absolute Gasteiger partial charge is 0.264 e. The highest BCUT2D eigenvalue weighted by atomic mass is 32.2. The number of rotatable bonds is 8. The van der Waals surface area contributed by atoms with Gasteiger partial charge in [0.2, 0.25) is 0 Å². The summed E-state index contributed by atoms with van der Waals surface area (Å²) in [5.74, 6) is -0.207. The van der Waals surface area contributed by atoms with E-state index in [9.17, 15) is 13.2 Å². The fourth-order valence-corrected chi connectivity index (χ4v) is 5.19. The zero-order valence-corrected chi connectivity index (χ0v) is 20.9. The van der Waals surface area contributed by atoms with E-state index in [0.29, 0.717) is 17.8 Å². The molecule has 1 aliphatic rings. The van der Waals surface area contributed by atoms with Gasteiger partial charge in [-0.05, 0) is 54.4 Å². The largest absolute Gasteiger partial charge is 0.379 e. The minimum Gasteiger partial charge on any atom is -0.379 e. The summed E-state index contributed by atoms with van der Waals surface area (Å²) in [5.41, 5.74) is 4.21. The van der Waals surface area contributed by atoms with E-state index in [0.717, 1.165) is 44.0 Å². The number of ether oxygens (including phenoxy) is 1. The van der Waals surface area contributed by atoms with E-state index in [1.54, 1.807) is 48.5 Å². The molecule has 3 aromatic carbocycles. The maximum Gasteiger partial charge on any atom is 0.264 e. The minimum absolute atomic E-state index is 0.207. The van der Waals surface area contributed by atoms with Crippen LogP contribution in [0.15, 0.2) is 77.7 Å².